The van der Waals surface area contributed by atoms with Crippen LogP contribution in [-0.4, -0.2) is 15.9 Å². The number of hydrogen-bond donors (Lipinski definition) is 2. The second kappa shape index (κ2) is 5.32. The highest BCUT2D eigenvalue weighted by Gasteiger charge is 2.12. The fourth-order valence-electron chi connectivity index (χ4n) is 1.36. The first-order valence-electron chi connectivity index (χ1n) is 5.17. The lowest BCUT2D eigenvalue weighted by Gasteiger charge is -2.05. The van der Waals surface area contributed by atoms with E-state index >= 15 is 0 Å². The van der Waals surface area contributed by atoms with Gasteiger partial charge in [0.15, 0.2) is 0 Å². The number of rotatable bonds is 3. The van der Waals surface area contributed by atoms with Gasteiger partial charge < -0.3 is 11.1 Å². The van der Waals surface area contributed by atoms with Crippen molar-refractivity contribution in [3.63, 3.8) is 0 Å². The van der Waals surface area contributed by atoms with Crippen LogP contribution in [0.5, 0.6) is 0 Å². The molecule has 2 heterocycles. The Kier molecular flexibility index (Phi) is 3.78. The number of aromatic nitrogens is 2. The molecule has 5 nitrogen and oxygen atoms in total. The lowest BCUT2D eigenvalue weighted by Crippen LogP contribution is -2.23. The second-order valence-electron chi connectivity index (χ2n) is 3.65. The van der Waals surface area contributed by atoms with Crippen LogP contribution in [0.15, 0.2) is 18.5 Å². The number of carbonyl (C=O) groups is 1. The Hall–Kier alpha value is -1.66. The van der Waals surface area contributed by atoms with Gasteiger partial charge in [-0.2, -0.15) is 0 Å². The predicted octanol–water partition coefficient (Wildman–Crippen LogP) is 2.01. The summed E-state index contributed by atoms with van der Waals surface area (Å²) in [6.07, 6.45) is 3.17. The molecule has 0 saturated heterocycles. The molecule has 2 aromatic rings. The summed E-state index contributed by atoms with van der Waals surface area (Å²) in [5.74, 6) is -0.312. The van der Waals surface area contributed by atoms with Crippen LogP contribution < -0.4 is 11.1 Å². The third-order valence-electron chi connectivity index (χ3n) is 2.17. The van der Waals surface area contributed by atoms with E-state index in [1.807, 2.05) is 6.92 Å². The van der Waals surface area contributed by atoms with E-state index < -0.39 is 0 Å². The Morgan fingerprint density at radius 2 is 2.28 bits per heavy atom. The van der Waals surface area contributed by atoms with Crippen molar-refractivity contribution in [3.8, 4) is 0 Å². The smallest absolute Gasteiger partial charge is 0.254 e. The number of anilines is 1. The number of thiazole rings is 1. The normalized spacial score (nSPS) is 10.3. The number of hydrogen-bond acceptors (Lipinski definition) is 5. The van der Waals surface area contributed by atoms with E-state index in [1.54, 1.807) is 6.20 Å². The molecule has 2 aromatic heterocycles. The van der Waals surface area contributed by atoms with Gasteiger partial charge in [0, 0.05) is 11.1 Å². The predicted molar refractivity (Wildman–Crippen MR) is 71.7 cm³/mol. The fraction of sp³-hybridized carbons (Fsp3) is 0.182. The number of nitrogens with one attached hydrogen (secondary N) is 1. The van der Waals surface area contributed by atoms with Gasteiger partial charge in [0.1, 0.15) is 10.2 Å². The molecule has 0 spiro atoms. The largest absolute Gasteiger partial charge is 0.397 e. The summed E-state index contributed by atoms with van der Waals surface area (Å²) in [6.45, 7) is 2.32. The van der Waals surface area contributed by atoms with Gasteiger partial charge in [0.25, 0.3) is 5.91 Å². The number of nitrogens with two attached hydrogens (primary N) is 1. The zero-order valence-corrected chi connectivity index (χ0v) is 11.2. The highest BCUT2D eigenvalue weighted by Crippen LogP contribution is 2.16. The molecule has 1 amide bonds. The maximum absolute atomic E-state index is 11.9. The minimum absolute atomic E-state index is 0.136. The van der Waals surface area contributed by atoms with Gasteiger partial charge in [0.05, 0.1) is 24.0 Å². The maximum Gasteiger partial charge on any atom is 0.254 e. The monoisotopic (exact) mass is 282 g/mol. The fourth-order valence-corrected chi connectivity index (χ4v) is 2.27. The van der Waals surface area contributed by atoms with Crippen LogP contribution in [0, 0.1) is 6.92 Å². The molecule has 0 bridgehead atoms. The van der Waals surface area contributed by atoms with Crippen LogP contribution in [0.25, 0.3) is 0 Å². The van der Waals surface area contributed by atoms with Crippen molar-refractivity contribution in [1.29, 1.82) is 0 Å². The second-order valence-corrected chi connectivity index (χ2v) is 5.33. The summed E-state index contributed by atoms with van der Waals surface area (Å²) in [5.41, 5.74) is 6.23. The molecule has 3 N–H and O–H groups in total. The molecule has 94 valence electrons. The van der Waals surface area contributed by atoms with Crippen molar-refractivity contribution in [2.75, 3.05) is 5.73 Å². The number of pyridine rings is 1. The molecular weight excluding hydrogens is 272 g/mol. The molecule has 0 unspecified atom stereocenters. The van der Waals surface area contributed by atoms with Crippen LogP contribution in [0.3, 0.4) is 0 Å². The molecule has 0 saturated carbocycles. The first-order chi connectivity index (χ1) is 8.56. The van der Waals surface area contributed by atoms with E-state index in [0.717, 1.165) is 9.88 Å². The van der Waals surface area contributed by atoms with Crippen LogP contribution in [-0.2, 0) is 6.54 Å². The SMILES string of the molecule is Cc1cnc(CNC(=O)c2cc(N)cnc2Cl)s1. The molecule has 0 fully saturated rings. The maximum atomic E-state index is 11.9. The number of amides is 1. The average molecular weight is 283 g/mol. The quantitative estimate of drug-likeness (QED) is 0.844. The summed E-state index contributed by atoms with van der Waals surface area (Å²) < 4.78 is 0. The molecule has 0 atom stereocenters. The van der Waals surface area contributed by atoms with E-state index in [1.165, 1.54) is 23.6 Å². The van der Waals surface area contributed by atoms with Gasteiger partial charge in [-0.15, -0.1) is 11.3 Å². The van der Waals surface area contributed by atoms with E-state index in [0.29, 0.717) is 12.2 Å². The zero-order chi connectivity index (χ0) is 13.1. The molecule has 18 heavy (non-hydrogen) atoms. The van der Waals surface area contributed by atoms with Gasteiger partial charge in [-0.3, -0.25) is 4.79 Å². The van der Waals surface area contributed by atoms with Crippen molar-refractivity contribution < 1.29 is 4.79 Å². The van der Waals surface area contributed by atoms with Crippen molar-refractivity contribution in [2.24, 2.45) is 0 Å². The summed E-state index contributed by atoms with van der Waals surface area (Å²) in [4.78, 5) is 21.0. The van der Waals surface area contributed by atoms with Gasteiger partial charge in [-0.05, 0) is 13.0 Å². The molecule has 0 aliphatic carbocycles. The number of aryl methyl sites for hydroxylation is 1. The summed E-state index contributed by atoms with van der Waals surface area (Å²) in [7, 11) is 0. The van der Waals surface area contributed by atoms with Crippen LogP contribution in [0.4, 0.5) is 5.69 Å². The topological polar surface area (TPSA) is 80.9 Å². The Balaban J connectivity index is 2.05. The van der Waals surface area contributed by atoms with Crippen LogP contribution >= 0.6 is 22.9 Å². The van der Waals surface area contributed by atoms with Gasteiger partial charge in [-0.1, -0.05) is 11.6 Å². The van der Waals surface area contributed by atoms with E-state index in [-0.39, 0.29) is 16.6 Å². The third-order valence-corrected chi connectivity index (χ3v) is 3.39. The standard InChI is InChI=1S/C11H11ClN4OS/c1-6-3-14-9(18-6)5-16-11(17)8-2-7(13)4-15-10(8)12/h2-4H,5,13H2,1H3,(H,16,17). The number of nitrogen functional groups attached to an aromatic ring is 1. The van der Waals surface area contributed by atoms with Crippen molar-refractivity contribution in [3.05, 3.63) is 39.1 Å². The Bertz CT molecular complexity index is 584. The molecule has 0 aliphatic heterocycles. The number of halogens is 1. The van der Waals surface area contributed by atoms with Crippen molar-refractivity contribution >= 4 is 34.5 Å². The van der Waals surface area contributed by atoms with Gasteiger partial charge in [-0.25, -0.2) is 9.97 Å². The summed E-state index contributed by atoms with van der Waals surface area (Å²) >= 11 is 7.37. The Labute approximate surface area is 113 Å². The third kappa shape index (κ3) is 2.96. The first-order valence-corrected chi connectivity index (χ1v) is 6.36. The van der Waals surface area contributed by atoms with E-state index in [4.69, 9.17) is 17.3 Å². The minimum Gasteiger partial charge on any atom is -0.397 e. The Morgan fingerprint density at radius 1 is 1.50 bits per heavy atom. The molecule has 0 aliphatic rings. The molecule has 2 rings (SSSR count). The van der Waals surface area contributed by atoms with E-state index in [2.05, 4.69) is 15.3 Å². The van der Waals surface area contributed by atoms with Crippen LogP contribution in [0.1, 0.15) is 20.2 Å². The molecule has 7 heteroatoms. The van der Waals surface area contributed by atoms with Crippen molar-refractivity contribution in [2.45, 2.75) is 13.5 Å². The molecular formula is C11H11ClN4OS. The Morgan fingerprint density at radius 3 is 2.94 bits per heavy atom. The highest BCUT2D eigenvalue weighted by atomic mass is 35.5. The number of carbonyl (C=O) groups excluding carboxylic acids is 1. The average Bonchev–Trinajstić information content (AvgIpc) is 2.75. The highest BCUT2D eigenvalue weighted by molar-refractivity contribution is 7.11. The summed E-state index contributed by atoms with van der Waals surface area (Å²) in [6, 6.07) is 1.50. The molecule has 0 radical (unpaired) electrons. The van der Waals surface area contributed by atoms with Gasteiger partial charge >= 0.3 is 0 Å². The summed E-state index contributed by atoms with van der Waals surface area (Å²) in [5, 5.41) is 3.70. The van der Waals surface area contributed by atoms with Crippen molar-refractivity contribution in [1.82, 2.24) is 15.3 Å². The molecule has 0 aromatic carbocycles. The van der Waals surface area contributed by atoms with E-state index in [9.17, 15) is 4.79 Å². The minimum atomic E-state index is -0.312. The van der Waals surface area contributed by atoms with Gasteiger partial charge in [0.2, 0.25) is 0 Å². The zero-order valence-electron chi connectivity index (χ0n) is 9.61. The van der Waals surface area contributed by atoms with Crippen LogP contribution in [0.2, 0.25) is 5.15 Å². The lowest BCUT2D eigenvalue weighted by atomic mass is 10.2. The lowest BCUT2D eigenvalue weighted by molar-refractivity contribution is 0.0950. The first kappa shape index (κ1) is 12.8. The number of nitrogens with zero attached hydrogens (tertiary/aromatic N) is 2.